The highest BCUT2D eigenvalue weighted by Crippen LogP contribution is 2.26. The average Bonchev–Trinajstić information content (AvgIpc) is 2.23. The van der Waals surface area contributed by atoms with Crippen molar-refractivity contribution in [1.29, 1.82) is 0 Å². The van der Waals surface area contributed by atoms with Crippen molar-refractivity contribution in [1.82, 2.24) is 5.32 Å². The predicted octanol–water partition coefficient (Wildman–Crippen LogP) is 0.558. The number of carbonyl (C=O) groups excluding carboxylic acids is 1. The molecule has 2 atom stereocenters. The molecule has 0 rings (SSSR count). The zero-order valence-corrected chi connectivity index (χ0v) is 12.3. The van der Waals surface area contributed by atoms with E-state index in [9.17, 15) is 19.2 Å². The molecule has 120 valence electrons. The van der Waals surface area contributed by atoms with Crippen LogP contribution >= 0.6 is 0 Å². The molecule has 0 aromatic carbocycles. The Morgan fingerprint density at radius 1 is 0.952 bits per heavy atom. The molecule has 0 fully saturated rings. The lowest BCUT2D eigenvalue weighted by Crippen LogP contribution is -2.45. The van der Waals surface area contributed by atoms with E-state index in [1.54, 1.807) is 0 Å². The van der Waals surface area contributed by atoms with Crippen LogP contribution in [0.5, 0.6) is 0 Å². The molecule has 0 spiro atoms. The highest BCUT2D eigenvalue weighted by Gasteiger charge is 2.31. The van der Waals surface area contributed by atoms with Gasteiger partial charge in [0, 0.05) is 5.92 Å². The van der Waals surface area contributed by atoms with Gasteiger partial charge in [-0.1, -0.05) is 20.8 Å². The minimum Gasteiger partial charge on any atom is -0.481 e. The molecule has 0 aliphatic heterocycles. The van der Waals surface area contributed by atoms with E-state index in [2.05, 4.69) is 5.32 Å². The van der Waals surface area contributed by atoms with Crippen molar-refractivity contribution in [3.63, 3.8) is 0 Å². The number of carboxylic acids is 3. The fraction of sp³-hybridized carbons (Fsp3) is 0.692. The first-order valence-electron chi connectivity index (χ1n) is 6.39. The maximum absolute atomic E-state index is 12.0. The van der Waals surface area contributed by atoms with Crippen LogP contribution in [0.2, 0.25) is 0 Å². The summed E-state index contributed by atoms with van der Waals surface area (Å²) in [5.41, 5.74) is -0.330. The maximum atomic E-state index is 12.0. The highest BCUT2D eigenvalue weighted by atomic mass is 16.4. The molecular weight excluding hydrogens is 282 g/mol. The van der Waals surface area contributed by atoms with Crippen LogP contribution in [0.1, 0.15) is 40.0 Å². The molecule has 0 saturated carbocycles. The van der Waals surface area contributed by atoms with Gasteiger partial charge in [0.05, 0.1) is 12.8 Å². The van der Waals surface area contributed by atoms with Crippen LogP contribution < -0.4 is 5.32 Å². The Bertz CT molecular complexity index is 425. The first-order valence-corrected chi connectivity index (χ1v) is 6.39. The summed E-state index contributed by atoms with van der Waals surface area (Å²) in [5, 5.41) is 28.4. The molecule has 0 bridgehead atoms. The molecule has 0 aliphatic carbocycles. The smallest absolute Gasteiger partial charge is 0.326 e. The number of amides is 1. The van der Waals surface area contributed by atoms with Gasteiger partial charge in [0.25, 0.3) is 0 Å². The fourth-order valence-electron chi connectivity index (χ4n) is 1.87. The molecule has 0 aliphatic rings. The molecule has 0 heterocycles. The number of aliphatic carboxylic acids is 3. The zero-order chi connectivity index (χ0) is 16.8. The Kier molecular flexibility index (Phi) is 6.84. The van der Waals surface area contributed by atoms with Crippen LogP contribution in [0.3, 0.4) is 0 Å². The van der Waals surface area contributed by atoms with E-state index in [4.69, 9.17) is 15.3 Å². The van der Waals surface area contributed by atoms with Crippen molar-refractivity contribution in [3.05, 3.63) is 0 Å². The predicted molar refractivity (Wildman–Crippen MR) is 71.6 cm³/mol. The van der Waals surface area contributed by atoms with Gasteiger partial charge in [-0.3, -0.25) is 14.4 Å². The summed E-state index contributed by atoms with van der Waals surface area (Å²) in [5.74, 6) is -5.70. The molecule has 21 heavy (non-hydrogen) atoms. The quantitative estimate of drug-likeness (QED) is 0.513. The van der Waals surface area contributed by atoms with Crippen LogP contribution in [0.15, 0.2) is 0 Å². The number of rotatable bonds is 8. The lowest BCUT2D eigenvalue weighted by molar-refractivity contribution is -0.148. The van der Waals surface area contributed by atoms with E-state index in [1.165, 1.54) is 0 Å². The van der Waals surface area contributed by atoms with Gasteiger partial charge in [0.1, 0.15) is 6.04 Å². The molecule has 8 nitrogen and oxygen atoms in total. The lowest BCUT2D eigenvalue weighted by atomic mass is 9.82. The lowest BCUT2D eigenvalue weighted by Gasteiger charge is -2.25. The summed E-state index contributed by atoms with van der Waals surface area (Å²) >= 11 is 0. The van der Waals surface area contributed by atoms with Gasteiger partial charge >= 0.3 is 17.9 Å². The average molecular weight is 303 g/mol. The van der Waals surface area contributed by atoms with E-state index in [-0.39, 0.29) is 11.8 Å². The van der Waals surface area contributed by atoms with Gasteiger partial charge in [0.2, 0.25) is 5.91 Å². The number of carboxylic acid groups (broad SMARTS) is 3. The summed E-state index contributed by atoms with van der Waals surface area (Å²) in [7, 11) is 0. The zero-order valence-electron chi connectivity index (χ0n) is 12.3. The van der Waals surface area contributed by atoms with Gasteiger partial charge in [-0.05, 0) is 11.8 Å². The highest BCUT2D eigenvalue weighted by molar-refractivity contribution is 5.89. The van der Waals surface area contributed by atoms with Gasteiger partial charge < -0.3 is 20.6 Å². The largest absolute Gasteiger partial charge is 0.481 e. The third-order valence-electron chi connectivity index (χ3n) is 2.64. The van der Waals surface area contributed by atoms with Crippen molar-refractivity contribution in [2.45, 2.75) is 46.1 Å². The Hall–Kier alpha value is -2.12. The van der Waals surface area contributed by atoms with Crippen LogP contribution in [0.25, 0.3) is 0 Å². The van der Waals surface area contributed by atoms with Gasteiger partial charge in [-0.15, -0.1) is 0 Å². The maximum Gasteiger partial charge on any atom is 0.326 e. The number of hydrogen-bond donors (Lipinski definition) is 4. The summed E-state index contributed by atoms with van der Waals surface area (Å²) < 4.78 is 0. The molecular formula is C13H21NO7. The topological polar surface area (TPSA) is 141 Å². The molecule has 0 unspecified atom stereocenters. The second kappa shape index (κ2) is 7.61. The molecule has 0 saturated heterocycles. The van der Waals surface area contributed by atoms with Gasteiger partial charge in [0.15, 0.2) is 0 Å². The fourth-order valence-corrected chi connectivity index (χ4v) is 1.87. The summed E-state index contributed by atoms with van der Waals surface area (Å²) in [6, 6.07) is -1.58. The molecule has 8 heteroatoms. The second-order valence-electron chi connectivity index (χ2n) is 6.06. The molecule has 0 aromatic rings. The molecule has 1 amide bonds. The monoisotopic (exact) mass is 303 g/mol. The van der Waals surface area contributed by atoms with Crippen molar-refractivity contribution in [2.24, 2.45) is 11.3 Å². The minimum absolute atomic E-state index is 0.241. The number of nitrogens with one attached hydrogen (secondary N) is 1. The van der Waals surface area contributed by atoms with Crippen LogP contribution in [-0.4, -0.2) is 45.2 Å². The summed E-state index contributed by atoms with van der Waals surface area (Å²) in [4.78, 5) is 44.3. The Labute approximate surface area is 122 Å². The molecule has 0 aromatic heterocycles. The Morgan fingerprint density at radius 2 is 1.43 bits per heavy atom. The van der Waals surface area contributed by atoms with E-state index < -0.39 is 48.6 Å². The minimum atomic E-state index is -1.58. The Balaban J connectivity index is 4.96. The summed E-state index contributed by atoms with van der Waals surface area (Å²) in [6.45, 7) is 5.46. The van der Waals surface area contributed by atoms with Crippen molar-refractivity contribution in [2.75, 3.05) is 0 Å². The third kappa shape index (κ3) is 8.61. The van der Waals surface area contributed by atoms with Gasteiger partial charge in [-0.2, -0.15) is 0 Å². The first kappa shape index (κ1) is 18.9. The van der Waals surface area contributed by atoms with E-state index >= 15 is 0 Å². The first-order chi connectivity index (χ1) is 9.42. The van der Waals surface area contributed by atoms with E-state index in [0.717, 1.165) is 0 Å². The number of carbonyl (C=O) groups is 4. The molecule has 0 radical (unpaired) electrons. The van der Waals surface area contributed by atoms with Crippen molar-refractivity contribution >= 4 is 23.8 Å². The van der Waals surface area contributed by atoms with Gasteiger partial charge in [-0.25, -0.2) is 4.79 Å². The van der Waals surface area contributed by atoms with Crippen LogP contribution in [0, 0.1) is 11.3 Å². The van der Waals surface area contributed by atoms with Crippen molar-refractivity contribution in [3.8, 4) is 0 Å². The van der Waals surface area contributed by atoms with E-state index in [1.807, 2.05) is 20.8 Å². The standard InChI is InChI=1S/C13H21NO7/c1-13(2,3)6-7(4-9(15)16)11(19)14-8(12(20)21)5-10(17)18/h7-8H,4-6H2,1-3H3,(H,14,19)(H,15,16)(H,17,18)(H,20,21)/t7-,8+/m0/s1. The molecule has 4 N–H and O–H groups in total. The Morgan fingerprint density at radius 3 is 1.76 bits per heavy atom. The van der Waals surface area contributed by atoms with Crippen LogP contribution in [0.4, 0.5) is 0 Å². The third-order valence-corrected chi connectivity index (χ3v) is 2.64. The SMILES string of the molecule is CC(C)(C)C[C@H](CC(=O)O)C(=O)N[C@H](CC(=O)O)C(=O)O. The van der Waals surface area contributed by atoms with Crippen LogP contribution in [-0.2, 0) is 19.2 Å². The van der Waals surface area contributed by atoms with E-state index in [0.29, 0.717) is 0 Å². The number of hydrogen-bond acceptors (Lipinski definition) is 4. The summed E-state index contributed by atoms with van der Waals surface area (Å²) in [6.07, 6.45) is -0.969. The second-order valence-corrected chi connectivity index (χ2v) is 6.06. The normalized spacial score (nSPS) is 14.0. The van der Waals surface area contributed by atoms with Crippen molar-refractivity contribution < 1.29 is 34.5 Å².